The van der Waals surface area contributed by atoms with Crippen LogP contribution in [0, 0.1) is 11.6 Å². The molecule has 2 aromatic carbocycles. The minimum Gasteiger partial charge on any atom is -0.381 e. The van der Waals surface area contributed by atoms with E-state index in [9.17, 15) is 13.6 Å². The molecule has 4 heterocycles. The summed E-state index contributed by atoms with van der Waals surface area (Å²) >= 11 is 0. The average Bonchev–Trinajstić information content (AvgIpc) is 3.35. The third-order valence-electron chi connectivity index (χ3n) is 7.73. The van der Waals surface area contributed by atoms with Crippen LogP contribution in [0.1, 0.15) is 34.3 Å². The first-order valence-corrected chi connectivity index (χ1v) is 13.9. The second-order valence-electron chi connectivity index (χ2n) is 10.8. The number of likely N-dealkylation sites (N-methyl/N-ethyl adjacent to an activating group) is 1. The number of nitrogens with zero attached hydrogens (tertiary/aromatic N) is 4. The second-order valence-corrected chi connectivity index (χ2v) is 10.8. The van der Waals surface area contributed by atoms with Crippen molar-refractivity contribution >= 4 is 34.1 Å². The Labute approximate surface area is 236 Å². The van der Waals surface area contributed by atoms with Gasteiger partial charge in [0.15, 0.2) is 11.5 Å². The van der Waals surface area contributed by atoms with Crippen molar-refractivity contribution in [3.05, 3.63) is 77.0 Å². The van der Waals surface area contributed by atoms with Crippen LogP contribution in [0.4, 0.5) is 26.0 Å². The number of piperazine rings is 1. The van der Waals surface area contributed by atoms with Crippen LogP contribution in [0.15, 0.2) is 48.7 Å². The van der Waals surface area contributed by atoms with E-state index in [1.807, 2.05) is 18.2 Å². The van der Waals surface area contributed by atoms with E-state index >= 15 is 0 Å². The van der Waals surface area contributed by atoms with Gasteiger partial charge in [0.05, 0.1) is 10.9 Å². The Morgan fingerprint density at radius 2 is 1.78 bits per heavy atom. The van der Waals surface area contributed by atoms with Crippen LogP contribution in [0.25, 0.3) is 11.0 Å². The zero-order valence-electron chi connectivity index (χ0n) is 22.9. The quantitative estimate of drug-likeness (QED) is 0.307. The summed E-state index contributed by atoms with van der Waals surface area (Å²) in [6.07, 6.45) is 3.64. The maximum absolute atomic E-state index is 13.7. The van der Waals surface area contributed by atoms with Crippen LogP contribution in [-0.2, 0) is 11.2 Å². The molecule has 2 fully saturated rings. The van der Waals surface area contributed by atoms with Crippen LogP contribution >= 0.6 is 0 Å². The largest absolute Gasteiger partial charge is 0.381 e. The van der Waals surface area contributed by atoms with E-state index in [2.05, 4.69) is 48.7 Å². The van der Waals surface area contributed by atoms with Gasteiger partial charge in [-0.25, -0.2) is 13.8 Å². The molecule has 0 bridgehead atoms. The van der Waals surface area contributed by atoms with Crippen molar-refractivity contribution in [1.82, 2.24) is 20.1 Å². The summed E-state index contributed by atoms with van der Waals surface area (Å²) in [7, 11) is 2.13. The van der Waals surface area contributed by atoms with Gasteiger partial charge in [0, 0.05) is 69.1 Å². The Hall–Kier alpha value is -4.09. The molecule has 0 unspecified atom stereocenters. The number of carbonyl (C=O) groups excluding carboxylic acids is 1. The molecule has 6 rings (SSSR count). The molecule has 2 saturated heterocycles. The number of anilines is 3. The van der Waals surface area contributed by atoms with Gasteiger partial charge < -0.3 is 25.2 Å². The third-order valence-corrected chi connectivity index (χ3v) is 7.73. The number of fused-ring (bicyclic) bond motifs is 1. The lowest BCUT2D eigenvalue weighted by Gasteiger charge is -2.34. The number of ether oxygens (including phenoxy) is 1. The third kappa shape index (κ3) is 6.31. The maximum atomic E-state index is 13.7. The van der Waals surface area contributed by atoms with Gasteiger partial charge in [0.25, 0.3) is 5.91 Å². The molecule has 2 aliphatic rings. The zero-order valence-corrected chi connectivity index (χ0v) is 22.9. The lowest BCUT2D eigenvalue weighted by molar-refractivity contribution is 0.0904. The number of amides is 1. The standard InChI is InChI=1S/C30H33F2N7O2/c1-38-6-8-39(9-7-38)24-2-3-25(27(17-24)34-23-4-10-41-11-5-23)30(40)35-29-26-15-20(18-33-28(26)36-37-29)12-19-13-21(31)16-22(32)14-19/h2-3,13-18,23,34H,4-12H2,1H3,(H2,33,35,36,37,40). The van der Waals surface area contributed by atoms with Crippen molar-refractivity contribution in [2.75, 3.05) is 62.0 Å². The van der Waals surface area contributed by atoms with Crippen LogP contribution in [0.2, 0.25) is 0 Å². The fourth-order valence-corrected chi connectivity index (χ4v) is 5.44. The highest BCUT2D eigenvalue weighted by Crippen LogP contribution is 2.29. The summed E-state index contributed by atoms with van der Waals surface area (Å²) < 4.78 is 32.9. The molecule has 0 aliphatic carbocycles. The first kappa shape index (κ1) is 27.1. The first-order valence-electron chi connectivity index (χ1n) is 13.9. The van der Waals surface area contributed by atoms with Crippen LogP contribution < -0.4 is 15.5 Å². The molecule has 9 nitrogen and oxygen atoms in total. The van der Waals surface area contributed by atoms with Crippen molar-refractivity contribution in [3.8, 4) is 0 Å². The number of pyridine rings is 1. The maximum Gasteiger partial charge on any atom is 0.258 e. The number of carbonyl (C=O) groups is 1. The molecule has 0 radical (unpaired) electrons. The van der Waals surface area contributed by atoms with Crippen molar-refractivity contribution in [2.45, 2.75) is 25.3 Å². The molecule has 2 aromatic heterocycles. The summed E-state index contributed by atoms with van der Waals surface area (Å²) in [5, 5.41) is 14.3. The Kier molecular flexibility index (Phi) is 7.80. The second kappa shape index (κ2) is 11.8. The fourth-order valence-electron chi connectivity index (χ4n) is 5.44. The molecule has 0 atom stereocenters. The molecule has 11 heteroatoms. The highest BCUT2D eigenvalue weighted by molar-refractivity contribution is 6.10. The number of hydrogen-bond acceptors (Lipinski definition) is 7. The first-order chi connectivity index (χ1) is 19.9. The molecule has 1 amide bonds. The van der Waals surface area contributed by atoms with Gasteiger partial charge in [-0.3, -0.25) is 9.89 Å². The molecule has 41 heavy (non-hydrogen) atoms. The average molecular weight is 562 g/mol. The van der Waals surface area contributed by atoms with E-state index in [4.69, 9.17) is 4.74 Å². The number of H-pyrrole nitrogens is 1. The monoisotopic (exact) mass is 561 g/mol. The number of aromatic nitrogens is 3. The van der Waals surface area contributed by atoms with Crippen molar-refractivity contribution in [2.24, 2.45) is 0 Å². The van der Waals surface area contributed by atoms with Crippen LogP contribution in [0.3, 0.4) is 0 Å². The summed E-state index contributed by atoms with van der Waals surface area (Å²) in [6.45, 7) is 5.20. The fraction of sp³-hybridized carbons (Fsp3) is 0.367. The Morgan fingerprint density at radius 1 is 1.02 bits per heavy atom. The van der Waals surface area contributed by atoms with Gasteiger partial charge in [-0.15, -0.1) is 0 Å². The predicted molar refractivity (Wildman–Crippen MR) is 155 cm³/mol. The number of halogens is 2. The van der Waals surface area contributed by atoms with E-state index in [0.29, 0.717) is 41.2 Å². The zero-order chi connectivity index (χ0) is 28.3. The van der Waals surface area contributed by atoms with Crippen molar-refractivity contribution in [3.63, 3.8) is 0 Å². The number of aromatic amines is 1. The Morgan fingerprint density at radius 3 is 2.54 bits per heavy atom. The summed E-state index contributed by atoms with van der Waals surface area (Å²) in [5.41, 5.74) is 4.10. The van der Waals surface area contributed by atoms with E-state index in [-0.39, 0.29) is 18.4 Å². The van der Waals surface area contributed by atoms with E-state index in [1.54, 1.807) is 6.20 Å². The molecule has 0 spiro atoms. The van der Waals surface area contributed by atoms with E-state index < -0.39 is 11.6 Å². The predicted octanol–water partition coefficient (Wildman–Crippen LogP) is 4.42. The molecule has 3 N–H and O–H groups in total. The van der Waals surface area contributed by atoms with Gasteiger partial charge in [-0.05, 0) is 73.8 Å². The smallest absolute Gasteiger partial charge is 0.258 e. The number of rotatable bonds is 7. The molecule has 4 aromatic rings. The van der Waals surface area contributed by atoms with Gasteiger partial charge in [0.2, 0.25) is 0 Å². The van der Waals surface area contributed by atoms with Gasteiger partial charge >= 0.3 is 0 Å². The minimum absolute atomic E-state index is 0.212. The molecular weight excluding hydrogens is 528 g/mol. The van der Waals surface area contributed by atoms with E-state index in [1.165, 1.54) is 12.1 Å². The van der Waals surface area contributed by atoms with Crippen LogP contribution in [-0.4, -0.2) is 78.5 Å². The van der Waals surface area contributed by atoms with E-state index in [0.717, 1.165) is 62.0 Å². The summed E-state index contributed by atoms with van der Waals surface area (Å²) in [6, 6.07) is 11.4. The summed E-state index contributed by atoms with van der Waals surface area (Å²) in [5.74, 6) is -1.22. The lowest BCUT2D eigenvalue weighted by Crippen LogP contribution is -2.44. The highest BCUT2D eigenvalue weighted by atomic mass is 19.1. The van der Waals surface area contributed by atoms with Gasteiger partial charge in [0.1, 0.15) is 11.6 Å². The molecule has 0 saturated carbocycles. The molecule has 2 aliphatic heterocycles. The van der Waals surface area contributed by atoms with Crippen LogP contribution in [0.5, 0.6) is 0 Å². The number of nitrogens with one attached hydrogen (secondary N) is 3. The number of hydrogen-bond donors (Lipinski definition) is 3. The molecular formula is C30H33F2N7O2. The van der Waals surface area contributed by atoms with Gasteiger partial charge in [-0.1, -0.05) is 0 Å². The Bertz CT molecular complexity index is 1530. The topological polar surface area (TPSA) is 98.4 Å². The minimum atomic E-state index is -0.630. The normalized spacial score (nSPS) is 16.7. The Balaban J connectivity index is 1.25. The van der Waals surface area contributed by atoms with Crippen molar-refractivity contribution < 1.29 is 18.3 Å². The lowest BCUT2D eigenvalue weighted by atomic mass is 10.0. The number of benzene rings is 2. The SMILES string of the molecule is CN1CCN(c2ccc(C(=O)Nc3n[nH]c4ncc(Cc5cc(F)cc(F)c5)cc34)c(NC3CCOCC3)c2)CC1. The summed E-state index contributed by atoms with van der Waals surface area (Å²) in [4.78, 5) is 22.7. The van der Waals surface area contributed by atoms with Crippen molar-refractivity contribution in [1.29, 1.82) is 0 Å². The highest BCUT2D eigenvalue weighted by Gasteiger charge is 2.22. The molecule has 214 valence electrons. The van der Waals surface area contributed by atoms with Gasteiger partial charge in [-0.2, -0.15) is 5.10 Å².